The van der Waals surface area contributed by atoms with Crippen LogP contribution in [0.25, 0.3) is 0 Å². The van der Waals surface area contributed by atoms with Crippen LogP contribution in [0, 0.1) is 6.42 Å². The van der Waals surface area contributed by atoms with E-state index in [0.717, 1.165) is 12.4 Å². The lowest BCUT2D eigenvalue weighted by molar-refractivity contribution is 0.837. The number of hydrogen-bond donors (Lipinski definition) is 1. The summed E-state index contributed by atoms with van der Waals surface area (Å²) in [5.74, 6) is 2.36. The quantitative estimate of drug-likeness (QED) is 0.477. The Morgan fingerprint density at radius 1 is 1.67 bits per heavy atom. The smallest absolute Gasteiger partial charge is 0.0418 e. The van der Waals surface area contributed by atoms with Crippen LogP contribution >= 0.6 is 11.8 Å². The molecule has 0 aromatic heterocycles. The summed E-state index contributed by atoms with van der Waals surface area (Å²) in [6, 6.07) is 0. The van der Waals surface area contributed by atoms with E-state index in [-0.39, 0.29) is 0 Å². The molecular weight excluding hydrogens is 94.1 g/mol. The highest BCUT2D eigenvalue weighted by molar-refractivity contribution is 7.99. The maximum atomic E-state index is 3.19. The van der Waals surface area contributed by atoms with Gasteiger partial charge in [-0.15, -0.1) is 11.8 Å². The molecule has 0 aromatic rings. The van der Waals surface area contributed by atoms with Crippen molar-refractivity contribution < 1.29 is 0 Å². The Morgan fingerprint density at radius 2 is 2.67 bits per heavy atom. The van der Waals surface area contributed by atoms with E-state index in [0.29, 0.717) is 0 Å². The van der Waals surface area contributed by atoms with Gasteiger partial charge in [0.25, 0.3) is 0 Å². The molecule has 1 radical (unpaired) electrons. The van der Waals surface area contributed by atoms with Crippen LogP contribution in [-0.2, 0) is 0 Å². The van der Waals surface area contributed by atoms with Gasteiger partial charge in [-0.1, -0.05) is 0 Å². The van der Waals surface area contributed by atoms with Gasteiger partial charge in [0.1, 0.15) is 0 Å². The topological polar surface area (TPSA) is 12.0 Å². The minimum absolute atomic E-state index is 1.10. The zero-order chi connectivity index (χ0) is 4.24. The van der Waals surface area contributed by atoms with Crippen molar-refractivity contribution in [2.24, 2.45) is 0 Å². The number of nitrogens with one attached hydrogen (secondary N) is 1. The molecule has 1 N–H and O–H groups in total. The lowest BCUT2D eigenvalue weighted by Crippen LogP contribution is -2.20. The fourth-order valence-electron chi connectivity index (χ4n) is 0.434. The largest absolute Gasteiger partial charge is 0.308 e. The van der Waals surface area contributed by atoms with E-state index in [9.17, 15) is 0 Å². The summed E-state index contributed by atoms with van der Waals surface area (Å²) >= 11 is 1.93. The van der Waals surface area contributed by atoms with Crippen molar-refractivity contribution >= 4 is 11.8 Å². The van der Waals surface area contributed by atoms with E-state index in [1.807, 2.05) is 11.8 Å². The fraction of sp³-hybridized carbons (Fsp3) is 0.750. The van der Waals surface area contributed by atoms with Crippen LogP contribution in [0.15, 0.2) is 0 Å². The molecule has 0 spiro atoms. The van der Waals surface area contributed by atoms with E-state index in [1.54, 1.807) is 0 Å². The maximum absolute atomic E-state index is 3.19. The summed E-state index contributed by atoms with van der Waals surface area (Å²) in [6.07, 6.45) is 2.24. The average Bonchev–Trinajstić information content (AvgIpc) is 1.72. The number of hydrogen-bond acceptors (Lipinski definition) is 2. The zero-order valence-electron chi connectivity index (χ0n) is 3.61. The monoisotopic (exact) mass is 102 g/mol. The fourth-order valence-corrected chi connectivity index (χ4v) is 1.10. The predicted molar refractivity (Wildman–Crippen MR) is 29.6 cm³/mol. The van der Waals surface area contributed by atoms with E-state index < -0.39 is 0 Å². The Kier molecular flexibility index (Phi) is 1.85. The standard InChI is InChI=1S/C4H8NS/c1-2-5-4-6-3-1/h1,5H,2-4H2. The first-order chi connectivity index (χ1) is 3.00. The van der Waals surface area contributed by atoms with Gasteiger partial charge >= 0.3 is 0 Å². The van der Waals surface area contributed by atoms with Crippen LogP contribution in [0.4, 0.5) is 0 Å². The van der Waals surface area contributed by atoms with Gasteiger partial charge < -0.3 is 5.32 Å². The van der Waals surface area contributed by atoms with Gasteiger partial charge in [0.05, 0.1) is 0 Å². The normalized spacial score (nSPS) is 24.0. The van der Waals surface area contributed by atoms with Crippen molar-refractivity contribution in [1.29, 1.82) is 0 Å². The summed E-state index contributed by atoms with van der Waals surface area (Å²) in [6.45, 7) is 1.10. The van der Waals surface area contributed by atoms with Crippen molar-refractivity contribution in [2.45, 2.75) is 0 Å². The molecule has 0 amide bonds. The molecular formula is C4H8NS. The molecule has 0 aromatic carbocycles. The highest BCUT2D eigenvalue weighted by atomic mass is 32.2. The summed E-state index contributed by atoms with van der Waals surface area (Å²) in [5, 5.41) is 3.19. The van der Waals surface area contributed by atoms with Crippen molar-refractivity contribution in [3.8, 4) is 0 Å². The van der Waals surface area contributed by atoms with Gasteiger partial charge in [-0.2, -0.15) is 0 Å². The van der Waals surface area contributed by atoms with E-state index in [1.165, 1.54) is 5.75 Å². The van der Waals surface area contributed by atoms with Gasteiger partial charge in [-0.05, 0) is 18.7 Å². The molecule has 1 nitrogen and oxygen atoms in total. The molecule has 0 atom stereocenters. The van der Waals surface area contributed by atoms with Gasteiger partial charge in [-0.3, -0.25) is 0 Å². The molecule has 6 heavy (non-hydrogen) atoms. The first-order valence-electron chi connectivity index (χ1n) is 2.10. The Bertz CT molecular complexity index is 23.0. The van der Waals surface area contributed by atoms with Crippen molar-refractivity contribution in [3.05, 3.63) is 6.42 Å². The molecule has 0 unspecified atom stereocenters. The summed E-state index contributed by atoms with van der Waals surface area (Å²) < 4.78 is 0. The Balaban J connectivity index is 2.00. The molecule has 1 fully saturated rings. The number of thioether (sulfide) groups is 1. The Hall–Kier alpha value is 0.310. The van der Waals surface area contributed by atoms with Gasteiger partial charge in [-0.25, -0.2) is 0 Å². The Morgan fingerprint density at radius 3 is 2.83 bits per heavy atom. The molecule has 1 aliphatic heterocycles. The second-order valence-electron chi connectivity index (χ2n) is 1.26. The third kappa shape index (κ3) is 1.19. The lowest BCUT2D eigenvalue weighted by Gasteiger charge is -2.08. The maximum Gasteiger partial charge on any atom is 0.0418 e. The third-order valence-electron chi connectivity index (χ3n) is 0.729. The Labute approximate surface area is 42.5 Å². The zero-order valence-corrected chi connectivity index (χ0v) is 4.42. The average molecular weight is 102 g/mol. The van der Waals surface area contributed by atoms with Crippen LogP contribution < -0.4 is 5.32 Å². The van der Waals surface area contributed by atoms with Crippen LogP contribution in [0.3, 0.4) is 0 Å². The molecule has 1 rings (SSSR count). The first kappa shape index (κ1) is 4.47. The van der Waals surface area contributed by atoms with Crippen LogP contribution in [0.2, 0.25) is 0 Å². The van der Waals surface area contributed by atoms with E-state index >= 15 is 0 Å². The summed E-state index contributed by atoms with van der Waals surface area (Å²) in [4.78, 5) is 0. The van der Waals surface area contributed by atoms with Crippen LogP contribution in [-0.4, -0.2) is 18.2 Å². The molecule has 1 saturated heterocycles. The van der Waals surface area contributed by atoms with E-state index in [4.69, 9.17) is 0 Å². The summed E-state index contributed by atoms with van der Waals surface area (Å²) in [7, 11) is 0. The second kappa shape index (κ2) is 2.48. The van der Waals surface area contributed by atoms with Gasteiger partial charge in [0.2, 0.25) is 0 Å². The second-order valence-corrected chi connectivity index (χ2v) is 2.29. The minimum atomic E-state index is 1.10. The van der Waals surface area contributed by atoms with Crippen molar-refractivity contribution in [3.63, 3.8) is 0 Å². The van der Waals surface area contributed by atoms with Gasteiger partial charge in [0.15, 0.2) is 0 Å². The van der Waals surface area contributed by atoms with Crippen LogP contribution in [0.1, 0.15) is 0 Å². The highest BCUT2D eigenvalue weighted by Crippen LogP contribution is 2.01. The highest BCUT2D eigenvalue weighted by Gasteiger charge is 1.94. The first-order valence-corrected chi connectivity index (χ1v) is 3.26. The molecule has 1 aliphatic rings. The third-order valence-corrected chi connectivity index (χ3v) is 1.61. The van der Waals surface area contributed by atoms with Crippen molar-refractivity contribution in [2.75, 3.05) is 18.2 Å². The lowest BCUT2D eigenvalue weighted by atomic mass is 10.5. The number of rotatable bonds is 0. The minimum Gasteiger partial charge on any atom is -0.308 e. The predicted octanol–water partition coefficient (Wildman–Crippen LogP) is 0.485. The molecule has 0 saturated carbocycles. The van der Waals surface area contributed by atoms with Crippen LogP contribution in [0.5, 0.6) is 0 Å². The van der Waals surface area contributed by atoms with Crippen molar-refractivity contribution in [1.82, 2.24) is 5.32 Å². The SMILES string of the molecule is [CH]1CNCSC1. The molecule has 0 aliphatic carbocycles. The molecule has 35 valence electrons. The molecule has 0 bridgehead atoms. The van der Waals surface area contributed by atoms with Gasteiger partial charge in [0, 0.05) is 5.88 Å². The molecule has 2 heteroatoms. The molecule has 1 heterocycles. The summed E-state index contributed by atoms with van der Waals surface area (Å²) in [5.41, 5.74) is 0. The van der Waals surface area contributed by atoms with E-state index in [2.05, 4.69) is 11.7 Å².